The van der Waals surface area contributed by atoms with E-state index in [2.05, 4.69) is 0 Å². The largest absolute Gasteiger partial charge is 0.508 e. The molecule has 1 rings (SSSR count). The van der Waals surface area contributed by atoms with E-state index in [9.17, 15) is 9.90 Å². The van der Waals surface area contributed by atoms with Gasteiger partial charge in [0.25, 0.3) is 0 Å². The van der Waals surface area contributed by atoms with Crippen molar-refractivity contribution in [2.75, 3.05) is 0 Å². The maximum atomic E-state index is 11.1. The molecule has 0 heterocycles. The molecule has 0 fully saturated rings. The average Bonchev–Trinajstić information content (AvgIpc) is 2.08. The van der Waals surface area contributed by atoms with Crippen LogP contribution in [0.2, 0.25) is 0 Å². The van der Waals surface area contributed by atoms with Gasteiger partial charge in [0.1, 0.15) is 11.8 Å². The molecule has 0 saturated heterocycles. The normalized spacial score (nSPS) is 9.31. The van der Waals surface area contributed by atoms with E-state index >= 15 is 0 Å². The molecule has 3 nitrogen and oxygen atoms in total. The molecule has 0 aromatic heterocycles. The highest BCUT2D eigenvalue weighted by molar-refractivity contribution is 5.96. The molecule has 0 amide bonds. The van der Waals surface area contributed by atoms with Gasteiger partial charge in [-0.1, -0.05) is 0 Å². The summed E-state index contributed by atoms with van der Waals surface area (Å²) >= 11 is 0. The van der Waals surface area contributed by atoms with Crippen LogP contribution in [-0.4, -0.2) is 10.9 Å². The number of hydrogen-bond donors (Lipinski definition) is 1. The van der Waals surface area contributed by atoms with Gasteiger partial charge in [0.05, 0.1) is 5.56 Å². The lowest BCUT2D eigenvalue weighted by atomic mass is 10.0. The van der Waals surface area contributed by atoms with Crippen molar-refractivity contribution in [1.82, 2.24) is 0 Å². The second-order valence-corrected chi connectivity index (χ2v) is 2.85. The van der Waals surface area contributed by atoms with Crippen LogP contribution in [0.3, 0.4) is 0 Å². The minimum Gasteiger partial charge on any atom is -0.508 e. The molecule has 0 bridgehead atoms. The van der Waals surface area contributed by atoms with Gasteiger partial charge in [-0.25, -0.2) is 0 Å². The summed E-state index contributed by atoms with van der Waals surface area (Å²) in [6, 6.07) is 4.70. The fraction of sp³-hybridized carbons (Fsp3) is 0.200. The summed E-state index contributed by atoms with van der Waals surface area (Å²) in [6.45, 7) is 3.08. The number of nitriles is 1. The number of carbonyl (C=O) groups is 1. The maximum Gasteiger partial charge on any atom is 0.161 e. The van der Waals surface area contributed by atoms with Crippen molar-refractivity contribution >= 4 is 5.78 Å². The van der Waals surface area contributed by atoms with E-state index in [1.54, 1.807) is 6.92 Å². The number of rotatable bonds is 1. The second kappa shape index (κ2) is 3.28. The SMILES string of the molecule is CC(=O)c1cc(C)c(O)cc1C#N. The molecule has 0 spiro atoms. The van der Waals surface area contributed by atoms with Crippen LogP contribution < -0.4 is 0 Å². The van der Waals surface area contributed by atoms with Crippen molar-refractivity contribution in [3.63, 3.8) is 0 Å². The Morgan fingerprint density at radius 3 is 2.62 bits per heavy atom. The first-order chi connectivity index (χ1) is 6.06. The Kier molecular flexibility index (Phi) is 2.34. The number of hydrogen-bond acceptors (Lipinski definition) is 3. The predicted molar refractivity (Wildman–Crippen MR) is 47.6 cm³/mol. The van der Waals surface area contributed by atoms with Gasteiger partial charge in [0, 0.05) is 5.56 Å². The molecule has 3 heteroatoms. The summed E-state index contributed by atoms with van der Waals surface area (Å²) in [7, 11) is 0. The molecule has 0 aliphatic heterocycles. The van der Waals surface area contributed by atoms with Crippen LogP contribution in [0.4, 0.5) is 0 Å². The van der Waals surface area contributed by atoms with Crippen molar-refractivity contribution in [2.45, 2.75) is 13.8 Å². The third-order valence-corrected chi connectivity index (χ3v) is 1.84. The van der Waals surface area contributed by atoms with Crippen LogP contribution in [-0.2, 0) is 0 Å². The summed E-state index contributed by atoms with van der Waals surface area (Å²) in [4.78, 5) is 11.1. The lowest BCUT2D eigenvalue weighted by molar-refractivity contribution is 0.101. The van der Waals surface area contributed by atoms with Crippen LogP contribution in [0.5, 0.6) is 5.75 Å². The molecule has 66 valence electrons. The number of phenols is 1. The van der Waals surface area contributed by atoms with E-state index in [0.29, 0.717) is 11.1 Å². The van der Waals surface area contributed by atoms with Crippen LogP contribution in [0.25, 0.3) is 0 Å². The van der Waals surface area contributed by atoms with E-state index in [4.69, 9.17) is 5.26 Å². The molecular weight excluding hydrogens is 166 g/mol. The second-order valence-electron chi connectivity index (χ2n) is 2.85. The zero-order chi connectivity index (χ0) is 10.0. The lowest BCUT2D eigenvalue weighted by Gasteiger charge is -2.03. The quantitative estimate of drug-likeness (QED) is 0.661. The smallest absolute Gasteiger partial charge is 0.161 e. The minimum absolute atomic E-state index is 0.0431. The standard InChI is InChI=1S/C10H9NO2/c1-6-3-9(7(2)12)8(5-11)4-10(6)13/h3-4,13H,1-2H3. The highest BCUT2D eigenvalue weighted by Gasteiger charge is 2.09. The number of Topliss-reactive ketones (excluding diaryl/α,β-unsaturated/α-hetero) is 1. The van der Waals surface area contributed by atoms with Crippen molar-refractivity contribution in [1.29, 1.82) is 5.26 Å². The molecule has 1 aromatic carbocycles. The van der Waals surface area contributed by atoms with E-state index in [1.807, 2.05) is 6.07 Å². The average molecular weight is 175 g/mol. The van der Waals surface area contributed by atoms with Crippen molar-refractivity contribution in [3.05, 3.63) is 28.8 Å². The van der Waals surface area contributed by atoms with Crippen LogP contribution in [0.15, 0.2) is 12.1 Å². The number of carbonyl (C=O) groups excluding carboxylic acids is 1. The highest BCUT2D eigenvalue weighted by Crippen LogP contribution is 2.21. The molecule has 0 aliphatic rings. The number of ketones is 1. The summed E-state index contributed by atoms with van der Waals surface area (Å²) in [5.41, 5.74) is 1.18. The minimum atomic E-state index is -0.167. The van der Waals surface area contributed by atoms with Gasteiger partial charge in [-0.15, -0.1) is 0 Å². The fourth-order valence-electron chi connectivity index (χ4n) is 1.08. The molecule has 1 N–H and O–H groups in total. The van der Waals surface area contributed by atoms with E-state index in [0.717, 1.165) is 0 Å². The zero-order valence-electron chi connectivity index (χ0n) is 7.46. The van der Waals surface area contributed by atoms with Gasteiger partial charge in [-0.3, -0.25) is 4.79 Å². The molecule has 0 radical (unpaired) electrons. The zero-order valence-corrected chi connectivity index (χ0v) is 7.46. The molecule has 0 aliphatic carbocycles. The van der Waals surface area contributed by atoms with E-state index in [-0.39, 0.29) is 17.1 Å². The molecule has 0 atom stereocenters. The first-order valence-corrected chi connectivity index (χ1v) is 3.81. The van der Waals surface area contributed by atoms with E-state index < -0.39 is 0 Å². The summed E-state index contributed by atoms with van der Waals surface area (Å²) in [6.07, 6.45) is 0. The van der Waals surface area contributed by atoms with Gasteiger partial charge in [0.2, 0.25) is 0 Å². The molecular formula is C10H9NO2. The number of aryl methyl sites for hydroxylation is 1. The van der Waals surface area contributed by atoms with Crippen molar-refractivity contribution < 1.29 is 9.90 Å². The van der Waals surface area contributed by atoms with Gasteiger partial charge in [-0.05, 0) is 31.5 Å². The van der Waals surface area contributed by atoms with Gasteiger partial charge in [-0.2, -0.15) is 5.26 Å². The fourth-order valence-corrected chi connectivity index (χ4v) is 1.08. The molecule has 0 saturated carbocycles. The van der Waals surface area contributed by atoms with Gasteiger partial charge < -0.3 is 5.11 Å². The Labute approximate surface area is 76.2 Å². The number of nitrogens with zero attached hydrogens (tertiary/aromatic N) is 1. The van der Waals surface area contributed by atoms with Crippen molar-refractivity contribution in [2.24, 2.45) is 0 Å². The Morgan fingerprint density at radius 2 is 2.15 bits per heavy atom. The molecule has 0 unspecified atom stereocenters. The van der Waals surface area contributed by atoms with Gasteiger partial charge >= 0.3 is 0 Å². The van der Waals surface area contributed by atoms with Crippen LogP contribution in [0.1, 0.15) is 28.4 Å². The van der Waals surface area contributed by atoms with E-state index in [1.165, 1.54) is 19.1 Å². The highest BCUT2D eigenvalue weighted by atomic mass is 16.3. The topological polar surface area (TPSA) is 61.1 Å². The number of benzene rings is 1. The van der Waals surface area contributed by atoms with Crippen molar-refractivity contribution in [3.8, 4) is 11.8 Å². The summed E-state index contributed by atoms with van der Waals surface area (Å²) in [5.74, 6) is -0.124. The molecule has 1 aromatic rings. The monoisotopic (exact) mass is 175 g/mol. The Hall–Kier alpha value is -1.82. The molecule has 13 heavy (non-hydrogen) atoms. The van der Waals surface area contributed by atoms with Crippen LogP contribution >= 0.6 is 0 Å². The predicted octanol–water partition coefficient (Wildman–Crippen LogP) is 1.77. The Morgan fingerprint density at radius 1 is 1.54 bits per heavy atom. The Bertz CT molecular complexity index is 402. The first kappa shape index (κ1) is 9.27. The third-order valence-electron chi connectivity index (χ3n) is 1.84. The third kappa shape index (κ3) is 1.67. The van der Waals surface area contributed by atoms with Crippen LogP contribution in [0, 0.1) is 18.3 Å². The summed E-state index contributed by atoms with van der Waals surface area (Å²) < 4.78 is 0. The first-order valence-electron chi connectivity index (χ1n) is 3.81. The van der Waals surface area contributed by atoms with Gasteiger partial charge in [0.15, 0.2) is 5.78 Å². The number of phenolic OH excluding ortho intramolecular Hbond substituents is 1. The summed E-state index contributed by atoms with van der Waals surface area (Å²) in [5, 5.41) is 17.9. The maximum absolute atomic E-state index is 11.1. The lowest BCUT2D eigenvalue weighted by Crippen LogP contribution is -1.97. The Balaban J connectivity index is 3.44. The number of aromatic hydroxyl groups is 1.